The number of esters is 2. The summed E-state index contributed by atoms with van der Waals surface area (Å²) in [6.45, 7) is 9.23. The van der Waals surface area contributed by atoms with Gasteiger partial charge < -0.3 is 54.4 Å². The number of hydrogen-bond donors (Lipinski definition) is 5. The predicted molar refractivity (Wildman–Crippen MR) is 241 cm³/mol. The minimum Gasteiger partial charge on any atom is -0.462 e. The minimum atomic E-state index is -1.96. The van der Waals surface area contributed by atoms with Gasteiger partial charge in [-0.25, -0.2) is 14.6 Å². The fourth-order valence-electron chi connectivity index (χ4n) is 8.60. The van der Waals surface area contributed by atoms with Crippen molar-refractivity contribution in [3.8, 4) is 17.1 Å². The first-order valence-electron chi connectivity index (χ1n) is 21.9. The van der Waals surface area contributed by atoms with Gasteiger partial charge >= 0.3 is 11.9 Å². The van der Waals surface area contributed by atoms with Crippen molar-refractivity contribution in [3.63, 3.8) is 0 Å². The van der Waals surface area contributed by atoms with Crippen molar-refractivity contribution in [2.75, 3.05) is 12.4 Å². The number of thiocarbonyl (C=S) groups is 1. The molecule has 2 aromatic carbocycles. The van der Waals surface area contributed by atoms with Crippen molar-refractivity contribution in [1.29, 1.82) is 0 Å². The maximum Gasteiger partial charge on any atom is 0.355 e. The summed E-state index contributed by atoms with van der Waals surface area (Å²) < 4.78 is 30.2. The number of unbranched alkanes of at least 4 members (excludes halogenated alkanes) is 2. The Morgan fingerprint density at radius 2 is 1.77 bits per heavy atom. The molecule has 1 saturated heterocycles. The summed E-state index contributed by atoms with van der Waals surface area (Å²) in [6, 6.07) is 16.1. The normalized spacial score (nSPS) is 23.3. The van der Waals surface area contributed by atoms with E-state index in [9.17, 15) is 29.4 Å². The van der Waals surface area contributed by atoms with Crippen LogP contribution < -0.4 is 26.2 Å². The van der Waals surface area contributed by atoms with E-state index in [4.69, 9.17) is 40.9 Å². The zero-order valence-electron chi connectivity index (χ0n) is 36.9. The molecule has 5 heterocycles. The average molecular weight is 900 g/mol. The van der Waals surface area contributed by atoms with E-state index < -0.39 is 66.2 Å². The number of anilines is 1. The van der Waals surface area contributed by atoms with E-state index in [0.29, 0.717) is 42.2 Å². The second kappa shape index (κ2) is 19.7. The van der Waals surface area contributed by atoms with Crippen molar-refractivity contribution in [3.05, 3.63) is 87.7 Å². The monoisotopic (exact) mass is 899 g/mol. The number of rotatable bonds is 16. The summed E-state index contributed by atoms with van der Waals surface area (Å²) in [5.74, 6) is -1.83. The number of fused-ring (bicyclic) bond motifs is 5. The number of benzene rings is 2. The molecule has 0 saturated carbocycles. The SMILES string of the molecule is CCCCC[C@H](NC(=S)Nc1ccc(OC2O[C@@H](C)[C@@H](O)[C@@H](OC)[C@@H]2O)cc1)C(=O)N[C@@H](CC(C)C)C(=O)O[C@]1(CC)C(=O)OCc2c1cc1n(c2=O)Cc2cc3ccccc3nc2-1. The number of methoxy groups -OCH3 is 1. The van der Waals surface area contributed by atoms with Crippen LogP contribution in [0, 0.1) is 5.92 Å². The van der Waals surface area contributed by atoms with Crippen LogP contribution in [-0.2, 0) is 52.1 Å². The molecule has 8 atom stereocenters. The Morgan fingerprint density at radius 3 is 2.47 bits per heavy atom. The topological polar surface area (TPSA) is 209 Å². The van der Waals surface area contributed by atoms with Crippen LogP contribution in [0.2, 0.25) is 0 Å². The maximum atomic E-state index is 14.4. The Hall–Kier alpha value is -5.46. The second-order valence-electron chi connectivity index (χ2n) is 17.1. The van der Waals surface area contributed by atoms with Crippen LogP contribution in [-0.4, -0.2) is 92.6 Å². The van der Waals surface area contributed by atoms with Gasteiger partial charge in [-0.2, -0.15) is 0 Å². The summed E-state index contributed by atoms with van der Waals surface area (Å²) in [7, 11) is 1.39. The lowest BCUT2D eigenvalue weighted by Gasteiger charge is -2.40. The molecule has 1 unspecified atom stereocenters. The first-order chi connectivity index (χ1) is 30.7. The molecule has 0 aliphatic carbocycles. The predicted octanol–water partition coefficient (Wildman–Crippen LogP) is 4.96. The maximum absolute atomic E-state index is 14.4. The molecule has 7 rings (SSSR count). The molecule has 1 fully saturated rings. The zero-order chi connectivity index (χ0) is 45.9. The molecule has 1 amide bonds. The third-order valence-electron chi connectivity index (χ3n) is 12.1. The Bertz CT molecular complexity index is 2440. The van der Waals surface area contributed by atoms with Crippen LogP contribution in [0.4, 0.5) is 5.69 Å². The Morgan fingerprint density at radius 1 is 1.02 bits per heavy atom. The van der Waals surface area contributed by atoms with E-state index in [2.05, 4.69) is 22.9 Å². The highest BCUT2D eigenvalue weighted by atomic mass is 32.1. The molecule has 64 heavy (non-hydrogen) atoms. The number of para-hydroxylation sites is 1. The van der Waals surface area contributed by atoms with Crippen LogP contribution in [0.1, 0.15) is 89.8 Å². The molecule has 3 aliphatic heterocycles. The van der Waals surface area contributed by atoms with Crippen molar-refractivity contribution < 1.29 is 48.3 Å². The molecular formula is C47H57N5O11S. The van der Waals surface area contributed by atoms with Gasteiger partial charge in [-0.05, 0) is 86.8 Å². The van der Waals surface area contributed by atoms with Crippen molar-refractivity contribution in [2.24, 2.45) is 5.92 Å². The van der Waals surface area contributed by atoms with Crippen LogP contribution >= 0.6 is 12.2 Å². The third kappa shape index (κ3) is 9.49. The van der Waals surface area contributed by atoms with Gasteiger partial charge in [0.15, 0.2) is 5.11 Å². The number of carbonyl (C=O) groups is 3. The fourth-order valence-corrected chi connectivity index (χ4v) is 8.86. The number of aliphatic hydroxyl groups excluding tert-OH is 2. The van der Waals surface area contributed by atoms with Gasteiger partial charge in [0.05, 0.1) is 35.1 Å². The Labute approximate surface area is 377 Å². The summed E-state index contributed by atoms with van der Waals surface area (Å²) in [4.78, 5) is 61.4. The van der Waals surface area contributed by atoms with Crippen LogP contribution in [0.3, 0.4) is 0 Å². The standard InChI is InChI=1S/C47H57N5O11S/c1-7-9-10-15-34(51-46(64)48-29-16-18-30(19-17-29)62-44-39(54)40(59-6)38(53)26(5)61-44)41(55)50-35(20-25(3)4)43(57)63-47(8-2)32-22-36-37-28(21-27-13-11-12-14-33(27)49-37)23-52(36)42(56)31(32)24-60-45(47)58/h11-14,16-19,21-22,25-26,34-35,38-40,44,53-54H,7-10,15,20,23-24H2,1-6H3,(H,50,55)(H2,48,51,64)/t26-,34-,35-,38+,39-,40+,44?,47-/m0/s1. The third-order valence-corrected chi connectivity index (χ3v) is 12.3. The van der Waals surface area contributed by atoms with Gasteiger partial charge in [0.1, 0.15) is 42.8 Å². The number of pyridine rings is 2. The summed E-state index contributed by atoms with van der Waals surface area (Å²) in [6.07, 6.45) is -1.84. The van der Waals surface area contributed by atoms with E-state index >= 15 is 0 Å². The summed E-state index contributed by atoms with van der Waals surface area (Å²) >= 11 is 5.66. The molecule has 3 aliphatic rings. The molecule has 0 bridgehead atoms. The first-order valence-corrected chi connectivity index (χ1v) is 22.3. The summed E-state index contributed by atoms with van der Waals surface area (Å²) in [5, 5.41) is 31.1. The molecule has 4 aromatic rings. The minimum absolute atomic E-state index is 0.0318. The van der Waals surface area contributed by atoms with Crippen LogP contribution in [0.5, 0.6) is 5.75 Å². The van der Waals surface area contributed by atoms with Gasteiger partial charge in [-0.15, -0.1) is 0 Å². The van der Waals surface area contributed by atoms with Crippen molar-refractivity contribution >= 4 is 51.8 Å². The van der Waals surface area contributed by atoms with Gasteiger partial charge in [0.25, 0.3) is 5.56 Å². The Kier molecular flexibility index (Phi) is 14.3. The van der Waals surface area contributed by atoms with E-state index in [1.54, 1.807) is 48.7 Å². The lowest BCUT2D eigenvalue weighted by atomic mass is 9.85. The first kappa shape index (κ1) is 46.5. The Balaban J connectivity index is 1.07. The molecule has 342 valence electrons. The molecule has 17 heteroatoms. The molecule has 0 spiro atoms. The number of aromatic nitrogens is 2. The molecule has 0 radical (unpaired) electrons. The number of carbonyl (C=O) groups excluding carboxylic acids is 3. The van der Waals surface area contributed by atoms with Crippen LogP contribution in [0.15, 0.2) is 65.5 Å². The van der Waals surface area contributed by atoms with E-state index in [-0.39, 0.29) is 47.2 Å². The number of hydrogen-bond acceptors (Lipinski definition) is 13. The van der Waals surface area contributed by atoms with Gasteiger partial charge in [-0.3, -0.25) is 9.59 Å². The highest BCUT2D eigenvalue weighted by molar-refractivity contribution is 7.80. The van der Waals surface area contributed by atoms with Gasteiger partial charge in [0, 0.05) is 29.3 Å². The number of aliphatic hydroxyl groups is 2. The quantitative estimate of drug-likeness (QED) is 0.0504. The van der Waals surface area contributed by atoms with Crippen molar-refractivity contribution in [1.82, 2.24) is 20.2 Å². The zero-order valence-corrected chi connectivity index (χ0v) is 37.7. The molecule has 2 aromatic heterocycles. The van der Waals surface area contributed by atoms with Crippen LogP contribution in [0.25, 0.3) is 22.3 Å². The molecule has 5 N–H and O–H groups in total. The number of nitrogens with zero attached hydrogens (tertiary/aromatic N) is 2. The van der Waals surface area contributed by atoms with Gasteiger partial charge in [0.2, 0.25) is 17.8 Å². The van der Waals surface area contributed by atoms with E-state index in [1.165, 1.54) is 7.11 Å². The number of cyclic esters (lactones) is 1. The highest BCUT2D eigenvalue weighted by Gasteiger charge is 2.51. The lowest BCUT2D eigenvalue weighted by molar-refractivity contribution is -0.272. The number of amides is 1. The van der Waals surface area contributed by atoms with E-state index in [1.807, 2.05) is 44.2 Å². The number of ether oxygens (including phenoxy) is 5. The molecular weight excluding hydrogens is 843 g/mol. The average Bonchev–Trinajstić information content (AvgIpc) is 3.63. The molecule has 16 nitrogen and oxygen atoms in total. The largest absolute Gasteiger partial charge is 0.462 e. The fraction of sp³-hybridized carbons (Fsp3) is 0.489. The van der Waals surface area contributed by atoms with Gasteiger partial charge in [-0.1, -0.05) is 65.2 Å². The smallest absolute Gasteiger partial charge is 0.355 e. The second-order valence-corrected chi connectivity index (χ2v) is 17.5. The number of nitrogens with one attached hydrogen (secondary N) is 3. The lowest BCUT2D eigenvalue weighted by Crippen LogP contribution is -2.59. The van der Waals surface area contributed by atoms with Crippen molar-refractivity contribution in [2.45, 2.75) is 135 Å². The summed E-state index contributed by atoms with van der Waals surface area (Å²) in [5.41, 5.74) is 1.46. The van der Waals surface area contributed by atoms with E-state index in [0.717, 1.165) is 29.3 Å². The highest BCUT2D eigenvalue weighted by Crippen LogP contribution is 2.41.